The highest BCUT2D eigenvalue weighted by atomic mass is 79.9. The summed E-state index contributed by atoms with van der Waals surface area (Å²) >= 11 is 5.11. The van der Waals surface area contributed by atoms with Gasteiger partial charge in [0.2, 0.25) is 0 Å². The third kappa shape index (κ3) is 2.47. The number of carbonyl (C=O) groups is 1. The van der Waals surface area contributed by atoms with Crippen molar-refractivity contribution in [1.29, 1.82) is 0 Å². The Bertz CT molecular complexity index is 653. The molecular weight excluding hydrogens is 338 g/mol. The first kappa shape index (κ1) is 13.6. The van der Waals surface area contributed by atoms with Gasteiger partial charge in [-0.1, -0.05) is 6.07 Å². The van der Waals surface area contributed by atoms with Crippen LogP contribution < -0.4 is 5.32 Å². The fourth-order valence-electron chi connectivity index (χ4n) is 2.69. The monoisotopic (exact) mass is 351 g/mol. The molecule has 2 N–H and O–H groups in total. The lowest BCUT2D eigenvalue weighted by Gasteiger charge is -2.25. The van der Waals surface area contributed by atoms with Crippen molar-refractivity contribution in [2.45, 2.75) is 25.3 Å². The standard InChI is InChI=1S/C15H14BrNO2S/c16-10-3-1-5-12(14(10)15(18)19)17-11-4-2-6-13-9(11)7-8-20-13/h1,3,5,7-8,11,17H,2,4,6H2,(H,18,19). The van der Waals surface area contributed by atoms with E-state index in [0.717, 1.165) is 19.3 Å². The van der Waals surface area contributed by atoms with Crippen LogP contribution in [0.4, 0.5) is 5.69 Å². The van der Waals surface area contributed by atoms with Crippen molar-refractivity contribution in [3.8, 4) is 0 Å². The van der Waals surface area contributed by atoms with Crippen LogP contribution in [0, 0.1) is 0 Å². The maximum atomic E-state index is 11.4. The van der Waals surface area contributed by atoms with E-state index in [9.17, 15) is 9.90 Å². The molecule has 3 nitrogen and oxygen atoms in total. The lowest BCUT2D eigenvalue weighted by atomic mass is 9.93. The second kappa shape index (κ2) is 5.58. The van der Waals surface area contributed by atoms with Crippen molar-refractivity contribution in [2.24, 2.45) is 0 Å². The summed E-state index contributed by atoms with van der Waals surface area (Å²) in [7, 11) is 0. The van der Waals surface area contributed by atoms with Gasteiger partial charge < -0.3 is 10.4 Å². The van der Waals surface area contributed by atoms with Crippen molar-refractivity contribution in [3.05, 3.63) is 50.1 Å². The average molecular weight is 352 g/mol. The summed E-state index contributed by atoms with van der Waals surface area (Å²) in [5.74, 6) is -0.915. The second-order valence-corrected chi connectivity index (χ2v) is 6.71. The number of aromatic carboxylic acids is 1. The fraction of sp³-hybridized carbons (Fsp3) is 0.267. The number of halogens is 1. The molecular formula is C15H14BrNO2S. The Labute approximate surface area is 129 Å². The highest BCUT2D eigenvalue weighted by Gasteiger charge is 2.23. The molecule has 0 aliphatic heterocycles. The third-order valence-corrected chi connectivity index (χ3v) is 5.27. The number of hydrogen-bond donors (Lipinski definition) is 2. The Kier molecular flexibility index (Phi) is 3.81. The third-order valence-electron chi connectivity index (χ3n) is 3.61. The van der Waals surface area contributed by atoms with E-state index < -0.39 is 5.97 Å². The topological polar surface area (TPSA) is 49.3 Å². The van der Waals surface area contributed by atoms with Crippen LogP contribution >= 0.6 is 27.3 Å². The zero-order chi connectivity index (χ0) is 14.1. The minimum atomic E-state index is -0.915. The molecule has 3 rings (SSSR count). The minimum Gasteiger partial charge on any atom is -0.478 e. The van der Waals surface area contributed by atoms with Crippen LogP contribution in [0.25, 0.3) is 0 Å². The molecule has 0 saturated carbocycles. The molecule has 1 aliphatic carbocycles. The maximum absolute atomic E-state index is 11.4. The molecule has 0 bridgehead atoms. The van der Waals surface area contributed by atoms with Gasteiger partial charge in [0.15, 0.2) is 0 Å². The summed E-state index contributed by atoms with van der Waals surface area (Å²) in [4.78, 5) is 12.8. The molecule has 0 amide bonds. The Morgan fingerprint density at radius 1 is 1.40 bits per heavy atom. The molecule has 20 heavy (non-hydrogen) atoms. The Morgan fingerprint density at radius 3 is 3.05 bits per heavy atom. The SMILES string of the molecule is O=C(O)c1c(Br)cccc1NC1CCCc2sccc21. The van der Waals surface area contributed by atoms with E-state index in [1.165, 1.54) is 10.4 Å². The van der Waals surface area contributed by atoms with Crippen LogP contribution in [0.5, 0.6) is 0 Å². The first-order valence-corrected chi connectivity index (χ1v) is 8.18. The summed E-state index contributed by atoms with van der Waals surface area (Å²) in [6, 6.07) is 7.80. The van der Waals surface area contributed by atoms with E-state index >= 15 is 0 Å². The van der Waals surface area contributed by atoms with E-state index in [4.69, 9.17) is 0 Å². The summed E-state index contributed by atoms with van der Waals surface area (Å²) in [5.41, 5.74) is 2.29. The summed E-state index contributed by atoms with van der Waals surface area (Å²) in [6.45, 7) is 0. The van der Waals surface area contributed by atoms with Gasteiger partial charge in [-0.15, -0.1) is 11.3 Å². The van der Waals surface area contributed by atoms with Crippen LogP contribution in [0.3, 0.4) is 0 Å². The van der Waals surface area contributed by atoms with Crippen LogP contribution in [0.2, 0.25) is 0 Å². The molecule has 2 aromatic rings. The average Bonchev–Trinajstić information content (AvgIpc) is 2.87. The van der Waals surface area contributed by atoms with Crippen molar-refractivity contribution in [1.82, 2.24) is 0 Å². The molecule has 0 spiro atoms. The van der Waals surface area contributed by atoms with Gasteiger partial charge in [0, 0.05) is 9.35 Å². The lowest BCUT2D eigenvalue weighted by Crippen LogP contribution is -2.17. The van der Waals surface area contributed by atoms with Gasteiger partial charge in [-0.25, -0.2) is 4.79 Å². The summed E-state index contributed by atoms with van der Waals surface area (Å²) < 4.78 is 0.608. The maximum Gasteiger partial charge on any atom is 0.338 e. The molecule has 1 aromatic heterocycles. The molecule has 0 radical (unpaired) electrons. The predicted octanol–water partition coefficient (Wildman–Crippen LogP) is 4.70. The molecule has 1 aromatic carbocycles. The van der Waals surface area contributed by atoms with Gasteiger partial charge in [0.1, 0.15) is 0 Å². The predicted molar refractivity (Wildman–Crippen MR) is 84.7 cm³/mol. The Morgan fingerprint density at radius 2 is 2.25 bits per heavy atom. The molecule has 104 valence electrons. The molecule has 0 fully saturated rings. The number of anilines is 1. The van der Waals surface area contributed by atoms with Gasteiger partial charge in [-0.3, -0.25) is 0 Å². The molecule has 1 unspecified atom stereocenters. The number of nitrogens with one attached hydrogen (secondary N) is 1. The van der Waals surface area contributed by atoms with Gasteiger partial charge in [0.25, 0.3) is 0 Å². The van der Waals surface area contributed by atoms with E-state index in [1.807, 2.05) is 12.1 Å². The fourth-order valence-corrected chi connectivity index (χ4v) is 4.21. The van der Waals surface area contributed by atoms with Crippen LogP contribution in [0.15, 0.2) is 34.1 Å². The smallest absolute Gasteiger partial charge is 0.338 e. The summed E-state index contributed by atoms with van der Waals surface area (Å²) in [5, 5.41) is 14.9. The van der Waals surface area contributed by atoms with Crippen molar-refractivity contribution in [3.63, 3.8) is 0 Å². The lowest BCUT2D eigenvalue weighted by molar-refractivity contribution is 0.0697. The minimum absolute atomic E-state index is 0.206. The molecule has 0 saturated heterocycles. The summed E-state index contributed by atoms with van der Waals surface area (Å²) in [6.07, 6.45) is 3.31. The van der Waals surface area contributed by atoms with Crippen molar-refractivity contribution in [2.75, 3.05) is 5.32 Å². The number of rotatable bonds is 3. The quantitative estimate of drug-likeness (QED) is 0.842. The number of benzene rings is 1. The van der Waals surface area contributed by atoms with Gasteiger partial charge in [-0.05, 0) is 64.3 Å². The number of fused-ring (bicyclic) bond motifs is 1. The molecule has 5 heteroatoms. The highest BCUT2D eigenvalue weighted by molar-refractivity contribution is 9.10. The number of carboxylic acids is 1. The zero-order valence-corrected chi connectivity index (χ0v) is 13.1. The van der Waals surface area contributed by atoms with E-state index in [-0.39, 0.29) is 6.04 Å². The van der Waals surface area contributed by atoms with E-state index in [2.05, 4.69) is 32.7 Å². The molecule has 1 heterocycles. The first-order chi connectivity index (χ1) is 9.66. The Hall–Kier alpha value is -1.33. The number of hydrogen-bond acceptors (Lipinski definition) is 3. The van der Waals surface area contributed by atoms with Crippen molar-refractivity contribution < 1.29 is 9.90 Å². The molecule has 1 aliphatic rings. The van der Waals surface area contributed by atoms with Gasteiger partial charge in [0.05, 0.1) is 17.3 Å². The second-order valence-electron chi connectivity index (χ2n) is 4.86. The largest absolute Gasteiger partial charge is 0.478 e. The zero-order valence-electron chi connectivity index (χ0n) is 10.7. The van der Waals surface area contributed by atoms with E-state index in [1.54, 1.807) is 17.4 Å². The van der Waals surface area contributed by atoms with Crippen molar-refractivity contribution >= 4 is 38.9 Å². The van der Waals surface area contributed by atoms with Crippen LogP contribution in [0.1, 0.15) is 39.7 Å². The first-order valence-electron chi connectivity index (χ1n) is 6.51. The van der Waals surface area contributed by atoms with Gasteiger partial charge >= 0.3 is 5.97 Å². The Balaban J connectivity index is 1.94. The number of thiophene rings is 1. The molecule has 1 atom stereocenters. The van der Waals surface area contributed by atoms with Crippen LogP contribution in [-0.2, 0) is 6.42 Å². The van der Waals surface area contributed by atoms with E-state index in [0.29, 0.717) is 15.7 Å². The normalized spacial score (nSPS) is 17.6. The number of carboxylic acid groups (broad SMARTS) is 1. The van der Waals surface area contributed by atoms with Gasteiger partial charge in [-0.2, -0.15) is 0 Å². The van der Waals surface area contributed by atoms with Crippen LogP contribution in [-0.4, -0.2) is 11.1 Å². The highest BCUT2D eigenvalue weighted by Crippen LogP contribution is 2.37. The number of aryl methyl sites for hydroxylation is 1.